The quantitative estimate of drug-likeness (QED) is 0.797. The topological polar surface area (TPSA) is 55.1 Å². The molecule has 0 spiro atoms. The van der Waals surface area contributed by atoms with Crippen molar-refractivity contribution in [2.75, 3.05) is 13.1 Å². The average Bonchev–Trinajstić information content (AvgIpc) is 2.89. The third-order valence-electron chi connectivity index (χ3n) is 3.14. The zero-order valence-electron chi connectivity index (χ0n) is 9.75. The third-order valence-corrected chi connectivity index (χ3v) is 4.47. The predicted molar refractivity (Wildman–Crippen MR) is 69.0 cm³/mol. The molecule has 92 valence electrons. The Morgan fingerprint density at radius 3 is 3.18 bits per heavy atom. The van der Waals surface area contributed by atoms with Crippen molar-refractivity contribution < 1.29 is 0 Å². The average molecular weight is 251 g/mol. The van der Waals surface area contributed by atoms with Gasteiger partial charge in [0.1, 0.15) is 0 Å². The van der Waals surface area contributed by atoms with E-state index < -0.39 is 0 Å². The molecule has 1 saturated carbocycles. The maximum Gasteiger partial charge on any atom is 0.156 e. The SMILES string of the molecule is c1cn(CCCNC2=NCC(C3CC3)S2)nn1. The minimum Gasteiger partial charge on any atom is -0.365 e. The van der Waals surface area contributed by atoms with Crippen molar-refractivity contribution in [2.45, 2.75) is 31.1 Å². The molecule has 0 aromatic carbocycles. The number of amidine groups is 1. The summed E-state index contributed by atoms with van der Waals surface area (Å²) in [6, 6.07) is 0. The van der Waals surface area contributed by atoms with Crippen LogP contribution in [0, 0.1) is 5.92 Å². The van der Waals surface area contributed by atoms with Crippen molar-refractivity contribution in [2.24, 2.45) is 10.9 Å². The van der Waals surface area contributed by atoms with Gasteiger partial charge >= 0.3 is 0 Å². The Morgan fingerprint density at radius 2 is 2.41 bits per heavy atom. The molecule has 0 bridgehead atoms. The molecule has 6 heteroatoms. The highest BCUT2D eigenvalue weighted by atomic mass is 32.2. The third kappa shape index (κ3) is 3.00. The monoisotopic (exact) mass is 251 g/mol. The number of nitrogens with zero attached hydrogens (tertiary/aromatic N) is 4. The van der Waals surface area contributed by atoms with E-state index in [2.05, 4.69) is 20.6 Å². The summed E-state index contributed by atoms with van der Waals surface area (Å²) in [5.41, 5.74) is 0. The van der Waals surface area contributed by atoms with Gasteiger partial charge in [-0.05, 0) is 25.2 Å². The van der Waals surface area contributed by atoms with Crippen LogP contribution in [-0.4, -0.2) is 38.5 Å². The number of hydrogen-bond donors (Lipinski definition) is 1. The summed E-state index contributed by atoms with van der Waals surface area (Å²) in [5, 5.41) is 13.0. The van der Waals surface area contributed by atoms with Gasteiger partial charge < -0.3 is 5.32 Å². The van der Waals surface area contributed by atoms with Gasteiger partial charge in [-0.15, -0.1) is 5.10 Å². The highest BCUT2D eigenvalue weighted by Crippen LogP contribution is 2.41. The second-order valence-corrected chi connectivity index (χ2v) is 5.81. The highest BCUT2D eigenvalue weighted by molar-refractivity contribution is 8.14. The first-order valence-corrected chi connectivity index (χ1v) is 7.09. The molecule has 2 heterocycles. The Kier molecular flexibility index (Phi) is 3.31. The molecule has 1 fully saturated rings. The minimum atomic E-state index is 0.757. The van der Waals surface area contributed by atoms with Crippen LogP contribution in [0.4, 0.5) is 0 Å². The Balaban J connectivity index is 1.32. The highest BCUT2D eigenvalue weighted by Gasteiger charge is 2.35. The molecule has 17 heavy (non-hydrogen) atoms. The van der Waals surface area contributed by atoms with Crippen molar-refractivity contribution in [3.05, 3.63) is 12.4 Å². The minimum absolute atomic E-state index is 0.757. The maximum absolute atomic E-state index is 4.55. The lowest BCUT2D eigenvalue weighted by atomic mass is 10.3. The van der Waals surface area contributed by atoms with Crippen LogP contribution in [0.2, 0.25) is 0 Å². The molecular formula is C11H17N5S. The molecule has 0 amide bonds. The van der Waals surface area contributed by atoms with E-state index in [0.717, 1.165) is 42.4 Å². The molecule has 0 saturated heterocycles. The van der Waals surface area contributed by atoms with Crippen molar-refractivity contribution in [3.63, 3.8) is 0 Å². The van der Waals surface area contributed by atoms with Crippen LogP contribution in [0.15, 0.2) is 17.4 Å². The second kappa shape index (κ2) is 5.08. The Hall–Kier alpha value is -1.04. The molecule has 2 aliphatic rings. The van der Waals surface area contributed by atoms with E-state index in [0.29, 0.717) is 0 Å². The molecule has 1 atom stereocenters. The largest absolute Gasteiger partial charge is 0.365 e. The van der Waals surface area contributed by atoms with Gasteiger partial charge in [0.15, 0.2) is 5.17 Å². The molecule has 1 aromatic heterocycles. The number of aromatic nitrogens is 3. The standard InChI is InChI=1S/C11H17N5S/c1(6-16-7-5-14-15-16)4-12-11-13-8-10(17-11)9-2-3-9/h5,7,9-10H,1-4,6,8H2,(H,12,13). The van der Waals surface area contributed by atoms with Crippen LogP contribution in [0.3, 0.4) is 0 Å². The number of rotatable bonds is 5. The summed E-state index contributed by atoms with van der Waals surface area (Å²) >= 11 is 1.93. The summed E-state index contributed by atoms with van der Waals surface area (Å²) < 4.78 is 1.86. The fraction of sp³-hybridized carbons (Fsp3) is 0.727. The predicted octanol–water partition coefficient (Wildman–Crippen LogP) is 1.14. The molecule has 5 nitrogen and oxygen atoms in total. The van der Waals surface area contributed by atoms with Gasteiger partial charge in [-0.2, -0.15) is 0 Å². The van der Waals surface area contributed by atoms with Crippen molar-refractivity contribution in [1.29, 1.82) is 0 Å². The van der Waals surface area contributed by atoms with Crippen LogP contribution in [0.1, 0.15) is 19.3 Å². The zero-order chi connectivity index (χ0) is 11.5. The molecule has 1 N–H and O–H groups in total. The Labute approximate surface area is 105 Å². The lowest BCUT2D eigenvalue weighted by Crippen LogP contribution is -2.22. The second-order valence-electron chi connectivity index (χ2n) is 4.59. The van der Waals surface area contributed by atoms with E-state index in [1.165, 1.54) is 12.8 Å². The smallest absolute Gasteiger partial charge is 0.156 e. The molecule has 1 aliphatic heterocycles. The van der Waals surface area contributed by atoms with Gasteiger partial charge in [0.25, 0.3) is 0 Å². The number of aliphatic imine (C=N–C) groups is 1. The fourth-order valence-electron chi connectivity index (χ4n) is 1.99. The van der Waals surface area contributed by atoms with E-state index in [9.17, 15) is 0 Å². The van der Waals surface area contributed by atoms with Gasteiger partial charge in [-0.1, -0.05) is 17.0 Å². The first-order chi connectivity index (χ1) is 8.42. The summed E-state index contributed by atoms with van der Waals surface area (Å²) in [5.74, 6) is 0.943. The zero-order valence-corrected chi connectivity index (χ0v) is 10.6. The van der Waals surface area contributed by atoms with Gasteiger partial charge in [-0.25, -0.2) is 0 Å². The summed E-state index contributed by atoms with van der Waals surface area (Å²) in [7, 11) is 0. The van der Waals surface area contributed by atoms with Crippen LogP contribution in [0.25, 0.3) is 0 Å². The molecule has 3 rings (SSSR count). The summed E-state index contributed by atoms with van der Waals surface area (Å²) in [4.78, 5) is 4.55. The van der Waals surface area contributed by atoms with Crippen LogP contribution in [-0.2, 0) is 6.54 Å². The molecule has 1 unspecified atom stereocenters. The van der Waals surface area contributed by atoms with Crippen molar-refractivity contribution in [3.8, 4) is 0 Å². The van der Waals surface area contributed by atoms with Crippen molar-refractivity contribution >= 4 is 16.9 Å². The Morgan fingerprint density at radius 1 is 1.47 bits per heavy atom. The van der Waals surface area contributed by atoms with Crippen molar-refractivity contribution in [1.82, 2.24) is 20.3 Å². The van der Waals surface area contributed by atoms with Gasteiger partial charge in [0.05, 0.1) is 12.7 Å². The van der Waals surface area contributed by atoms with Gasteiger partial charge in [-0.3, -0.25) is 9.67 Å². The molecule has 1 aromatic rings. The molecular weight excluding hydrogens is 234 g/mol. The van der Waals surface area contributed by atoms with Crippen LogP contribution >= 0.6 is 11.8 Å². The van der Waals surface area contributed by atoms with E-state index >= 15 is 0 Å². The number of hydrogen-bond acceptors (Lipinski definition) is 5. The first-order valence-electron chi connectivity index (χ1n) is 6.21. The lowest BCUT2D eigenvalue weighted by Gasteiger charge is -2.07. The molecule has 0 radical (unpaired) electrons. The number of nitrogens with one attached hydrogen (secondary N) is 1. The van der Waals surface area contributed by atoms with Crippen LogP contribution < -0.4 is 5.32 Å². The summed E-state index contributed by atoms with van der Waals surface area (Å²) in [6.07, 6.45) is 7.48. The maximum atomic E-state index is 4.55. The molecule has 1 aliphatic carbocycles. The Bertz CT molecular complexity index is 385. The van der Waals surface area contributed by atoms with Gasteiger partial charge in [0.2, 0.25) is 0 Å². The van der Waals surface area contributed by atoms with E-state index in [1.807, 2.05) is 22.6 Å². The van der Waals surface area contributed by atoms with Gasteiger partial charge in [0, 0.05) is 24.5 Å². The normalized spacial score (nSPS) is 23.8. The van der Waals surface area contributed by atoms with Crippen LogP contribution in [0.5, 0.6) is 0 Å². The van der Waals surface area contributed by atoms with E-state index in [4.69, 9.17) is 0 Å². The lowest BCUT2D eigenvalue weighted by molar-refractivity contribution is 0.555. The fourth-order valence-corrected chi connectivity index (χ4v) is 3.22. The summed E-state index contributed by atoms with van der Waals surface area (Å²) in [6.45, 7) is 2.89. The van der Waals surface area contributed by atoms with E-state index in [-0.39, 0.29) is 0 Å². The van der Waals surface area contributed by atoms with E-state index in [1.54, 1.807) is 6.20 Å². The number of aryl methyl sites for hydroxylation is 1. The number of thioether (sulfide) groups is 1. The first kappa shape index (κ1) is 11.1.